The molecule has 1 atom stereocenters. The van der Waals surface area contributed by atoms with Crippen LogP contribution in [0.3, 0.4) is 0 Å². The lowest BCUT2D eigenvalue weighted by Crippen LogP contribution is -2.30. The highest BCUT2D eigenvalue weighted by Crippen LogP contribution is 2.16. The van der Waals surface area contributed by atoms with Crippen LogP contribution in [-0.4, -0.2) is 18.0 Å². The smallest absolute Gasteiger partial charge is 0.311 e. The van der Waals surface area contributed by atoms with Gasteiger partial charge < -0.3 is 10.1 Å². The number of amides is 1. The van der Waals surface area contributed by atoms with Crippen molar-refractivity contribution in [1.29, 1.82) is 0 Å². The molecule has 2 aromatic rings. The molecule has 1 amide bonds. The Bertz CT molecular complexity index is 750. The summed E-state index contributed by atoms with van der Waals surface area (Å²) in [6.07, 6.45) is -1.16. The quantitative estimate of drug-likeness (QED) is 0.833. The monoisotopic (exact) mass is 353 g/mol. The van der Waals surface area contributed by atoms with Gasteiger partial charge in [0.2, 0.25) is 0 Å². The van der Waals surface area contributed by atoms with Gasteiger partial charge >= 0.3 is 5.97 Å². The first kappa shape index (κ1) is 17.9. The number of rotatable bonds is 5. The molecule has 0 aliphatic rings. The molecular formula is C17H14ClF2NO3. The number of hydrogen-bond donors (Lipinski definition) is 1. The van der Waals surface area contributed by atoms with Gasteiger partial charge in [-0.3, -0.25) is 9.59 Å². The van der Waals surface area contributed by atoms with Crippen molar-refractivity contribution in [1.82, 2.24) is 0 Å². The number of carbonyl (C=O) groups excluding carboxylic acids is 2. The molecule has 1 N–H and O–H groups in total. The average Bonchev–Trinajstić information content (AvgIpc) is 2.52. The topological polar surface area (TPSA) is 55.4 Å². The zero-order valence-corrected chi connectivity index (χ0v) is 13.4. The molecule has 0 radical (unpaired) electrons. The van der Waals surface area contributed by atoms with E-state index in [1.165, 1.54) is 6.92 Å². The standard InChI is InChI=1S/C17H14ClF2NO3/c1-10(17(23)21-15-7-6-13(19)9-14(15)20)24-16(22)8-11-2-4-12(18)5-3-11/h2-7,9-10H,8H2,1H3,(H,21,23). The lowest BCUT2D eigenvalue weighted by molar-refractivity contribution is -0.152. The Kier molecular flexibility index (Phi) is 5.87. The van der Waals surface area contributed by atoms with Crippen molar-refractivity contribution < 1.29 is 23.1 Å². The minimum atomic E-state index is -1.13. The largest absolute Gasteiger partial charge is 0.452 e. The number of halogens is 3. The van der Waals surface area contributed by atoms with Gasteiger partial charge in [0.15, 0.2) is 6.10 Å². The van der Waals surface area contributed by atoms with Crippen LogP contribution in [0.2, 0.25) is 5.02 Å². The van der Waals surface area contributed by atoms with Crippen molar-refractivity contribution in [3.05, 3.63) is 64.7 Å². The minimum Gasteiger partial charge on any atom is -0.452 e. The fourth-order valence-corrected chi connectivity index (χ4v) is 2.01. The molecule has 0 spiro atoms. The van der Waals surface area contributed by atoms with Crippen LogP contribution < -0.4 is 5.32 Å². The molecule has 2 rings (SSSR count). The molecule has 24 heavy (non-hydrogen) atoms. The van der Waals surface area contributed by atoms with Gasteiger partial charge in [-0.1, -0.05) is 23.7 Å². The maximum absolute atomic E-state index is 13.5. The van der Waals surface area contributed by atoms with Crippen LogP contribution in [0.1, 0.15) is 12.5 Å². The van der Waals surface area contributed by atoms with Crippen molar-refractivity contribution >= 4 is 29.2 Å². The maximum Gasteiger partial charge on any atom is 0.311 e. The second-order valence-electron chi connectivity index (χ2n) is 5.05. The minimum absolute atomic E-state index is 0.0281. The summed E-state index contributed by atoms with van der Waals surface area (Å²) in [6, 6.07) is 9.35. The second kappa shape index (κ2) is 7.88. The predicted octanol–water partition coefficient (Wildman–Crippen LogP) is 3.73. The van der Waals surface area contributed by atoms with E-state index in [0.717, 1.165) is 12.1 Å². The number of esters is 1. The SMILES string of the molecule is CC(OC(=O)Cc1ccc(Cl)cc1)C(=O)Nc1ccc(F)cc1F. The molecule has 0 fully saturated rings. The predicted molar refractivity (Wildman–Crippen MR) is 85.7 cm³/mol. The molecule has 0 saturated heterocycles. The number of nitrogens with one attached hydrogen (secondary N) is 1. The zero-order chi connectivity index (χ0) is 17.7. The van der Waals surface area contributed by atoms with Crippen LogP contribution in [0, 0.1) is 11.6 Å². The van der Waals surface area contributed by atoms with E-state index in [1.54, 1.807) is 24.3 Å². The highest BCUT2D eigenvalue weighted by molar-refractivity contribution is 6.30. The molecule has 4 nitrogen and oxygen atoms in total. The number of anilines is 1. The van der Waals surface area contributed by atoms with Gasteiger partial charge in [-0.2, -0.15) is 0 Å². The Labute approximate surface area is 142 Å². The second-order valence-corrected chi connectivity index (χ2v) is 5.49. The van der Waals surface area contributed by atoms with Crippen LogP contribution in [0.4, 0.5) is 14.5 Å². The fraction of sp³-hybridized carbons (Fsp3) is 0.176. The number of ether oxygens (including phenoxy) is 1. The summed E-state index contributed by atoms with van der Waals surface area (Å²) in [4.78, 5) is 23.7. The van der Waals surface area contributed by atoms with Gasteiger partial charge in [0.1, 0.15) is 11.6 Å². The lowest BCUT2D eigenvalue weighted by atomic mass is 10.1. The van der Waals surface area contributed by atoms with Crippen molar-refractivity contribution in [3.8, 4) is 0 Å². The molecule has 1 unspecified atom stereocenters. The summed E-state index contributed by atoms with van der Waals surface area (Å²) in [7, 11) is 0. The highest BCUT2D eigenvalue weighted by Gasteiger charge is 2.19. The van der Waals surface area contributed by atoms with Crippen LogP contribution in [-0.2, 0) is 20.7 Å². The Morgan fingerprint density at radius 3 is 2.46 bits per heavy atom. The summed E-state index contributed by atoms with van der Waals surface area (Å²) in [5, 5.41) is 2.78. The van der Waals surface area contributed by atoms with E-state index in [2.05, 4.69) is 5.32 Å². The maximum atomic E-state index is 13.5. The molecule has 0 aliphatic heterocycles. The first-order chi connectivity index (χ1) is 11.3. The summed E-state index contributed by atoms with van der Waals surface area (Å²) in [5.74, 6) is -3.00. The van der Waals surface area contributed by atoms with E-state index >= 15 is 0 Å². The molecule has 2 aromatic carbocycles. The number of benzene rings is 2. The third-order valence-corrected chi connectivity index (χ3v) is 3.38. The molecule has 0 aromatic heterocycles. The van der Waals surface area contributed by atoms with Gasteiger partial charge in [-0.05, 0) is 36.8 Å². The van der Waals surface area contributed by atoms with Gasteiger partial charge in [0.25, 0.3) is 5.91 Å². The van der Waals surface area contributed by atoms with Gasteiger partial charge in [-0.15, -0.1) is 0 Å². The van der Waals surface area contributed by atoms with E-state index in [4.69, 9.17) is 16.3 Å². The number of carbonyl (C=O) groups is 2. The van der Waals surface area contributed by atoms with E-state index < -0.39 is 29.6 Å². The van der Waals surface area contributed by atoms with Crippen molar-refractivity contribution in [2.24, 2.45) is 0 Å². The Morgan fingerprint density at radius 1 is 1.17 bits per heavy atom. The third kappa shape index (κ3) is 5.03. The summed E-state index contributed by atoms with van der Waals surface area (Å²) in [5.41, 5.74) is 0.489. The highest BCUT2D eigenvalue weighted by atomic mass is 35.5. The normalized spacial score (nSPS) is 11.7. The van der Waals surface area contributed by atoms with E-state index in [0.29, 0.717) is 16.7 Å². The Hall–Kier alpha value is -2.47. The van der Waals surface area contributed by atoms with Crippen molar-refractivity contribution in [2.75, 3.05) is 5.32 Å². The molecule has 0 heterocycles. The average molecular weight is 354 g/mol. The first-order valence-corrected chi connectivity index (χ1v) is 7.43. The Balaban J connectivity index is 1.90. The molecule has 0 saturated carbocycles. The summed E-state index contributed by atoms with van der Waals surface area (Å²) in [6.45, 7) is 1.36. The molecule has 7 heteroatoms. The summed E-state index contributed by atoms with van der Waals surface area (Å²) < 4.78 is 31.3. The first-order valence-electron chi connectivity index (χ1n) is 7.05. The summed E-state index contributed by atoms with van der Waals surface area (Å²) >= 11 is 5.75. The molecule has 126 valence electrons. The van der Waals surface area contributed by atoms with Gasteiger partial charge in [-0.25, -0.2) is 8.78 Å². The van der Waals surface area contributed by atoms with Crippen molar-refractivity contribution in [3.63, 3.8) is 0 Å². The van der Waals surface area contributed by atoms with E-state index in [1.807, 2.05) is 0 Å². The lowest BCUT2D eigenvalue weighted by Gasteiger charge is -2.14. The number of hydrogen-bond acceptors (Lipinski definition) is 3. The zero-order valence-electron chi connectivity index (χ0n) is 12.7. The van der Waals surface area contributed by atoms with Gasteiger partial charge in [0, 0.05) is 11.1 Å². The van der Waals surface area contributed by atoms with Crippen LogP contribution in [0.5, 0.6) is 0 Å². The van der Waals surface area contributed by atoms with E-state index in [9.17, 15) is 18.4 Å². The van der Waals surface area contributed by atoms with E-state index in [-0.39, 0.29) is 12.1 Å². The molecule has 0 bridgehead atoms. The van der Waals surface area contributed by atoms with Crippen LogP contribution >= 0.6 is 11.6 Å². The third-order valence-electron chi connectivity index (χ3n) is 3.13. The molecule has 0 aliphatic carbocycles. The van der Waals surface area contributed by atoms with Crippen LogP contribution in [0.15, 0.2) is 42.5 Å². The van der Waals surface area contributed by atoms with Gasteiger partial charge in [0.05, 0.1) is 12.1 Å². The molecular weight excluding hydrogens is 340 g/mol. The van der Waals surface area contributed by atoms with Crippen molar-refractivity contribution in [2.45, 2.75) is 19.4 Å². The Morgan fingerprint density at radius 2 is 1.83 bits per heavy atom. The van der Waals surface area contributed by atoms with Crippen LogP contribution in [0.25, 0.3) is 0 Å². The fourth-order valence-electron chi connectivity index (χ4n) is 1.89.